The van der Waals surface area contributed by atoms with E-state index in [1.165, 1.54) is 40.8 Å². The number of methoxy groups -OCH3 is 1. The molecule has 0 aromatic heterocycles. The molecule has 0 bridgehead atoms. The lowest BCUT2D eigenvalue weighted by Gasteiger charge is -2.37. The van der Waals surface area contributed by atoms with Gasteiger partial charge < -0.3 is 14.5 Å². The largest absolute Gasteiger partial charge is 0.467 e. The van der Waals surface area contributed by atoms with Gasteiger partial charge in [0, 0.05) is 12.3 Å². The van der Waals surface area contributed by atoms with Crippen LogP contribution in [-0.2, 0) is 25.7 Å². The Morgan fingerprint density at radius 3 is 2.70 bits per heavy atom. The number of amides is 2. The quantitative estimate of drug-likeness (QED) is 0.756. The first-order chi connectivity index (χ1) is 11.0. The van der Waals surface area contributed by atoms with Gasteiger partial charge in [0.1, 0.15) is 18.4 Å². The van der Waals surface area contributed by atoms with Crippen LogP contribution in [0.1, 0.15) is 5.56 Å². The fraction of sp³-hybridized carbons (Fsp3) is 0.400. The maximum atomic E-state index is 12.9. The van der Waals surface area contributed by atoms with E-state index < -0.39 is 17.4 Å². The van der Waals surface area contributed by atoms with Gasteiger partial charge in [-0.2, -0.15) is 0 Å². The number of carbonyl (C=O) groups excluding carboxylic acids is 3. The third-order valence-corrected chi connectivity index (χ3v) is 5.14. The van der Waals surface area contributed by atoms with E-state index in [0.29, 0.717) is 5.75 Å². The molecule has 2 unspecified atom stereocenters. The number of carbonyl (C=O) groups is 3. The zero-order chi connectivity index (χ0) is 16.6. The molecular formula is C15H15FN2O4S. The molecule has 2 atom stereocenters. The van der Waals surface area contributed by atoms with Crippen LogP contribution in [0.25, 0.3) is 0 Å². The maximum Gasteiger partial charge on any atom is 0.339 e. The summed E-state index contributed by atoms with van der Waals surface area (Å²) in [6.07, 6.45) is 0. The first kappa shape index (κ1) is 15.8. The van der Waals surface area contributed by atoms with Crippen molar-refractivity contribution in [3.8, 4) is 0 Å². The van der Waals surface area contributed by atoms with Crippen LogP contribution in [0.5, 0.6) is 0 Å². The number of fused-ring (bicyclic) bond motifs is 1. The highest BCUT2D eigenvalue weighted by molar-refractivity contribution is 8.00. The summed E-state index contributed by atoms with van der Waals surface area (Å²) < 4.78 is 17.6. The van der Waals surface area contributed by atoms with Crippen molar-refractivity contribution in [2.45, 2.75) is 18.0 Å². The minimum Gasteiger partial charge on any atom is -0.467 e. The Bertz CT molecular complexity index is 651. The Morgan fingerprint density at radius 2 is 2.04 bits per heavy atom. The SMILES string of the molecule is COC(=O)C1SCC2C(=O)N(Cc3ccc(F)cc3)CC(=O)N21. The van der Waals surface area contributed by atoms with Crippen molar-refractivity contribution in [1.29, 1.82) is 0 Å². The summed E-state index contributed by atoms with van der Waals surface area (Å²) in [5.74, 6) is -0.991. The smallest absolute Gasteiger partial charge is 0.339 e. The summed E-state index contributed by atoms with van der Waals surface area (Å²) in [7, 11) is 1.26. The van der Waals surface area contributed by atoms with Crippen molar-refractivity contribution < 1.29 is 23.5 Å². The zero-order valence-electron chi connectivity index (χ0n) is 12.4. The van der Waals surface area contributed by atoms with Crippen molar-refractivity contribution in [3.05, 3.63) is 35.6 Å². The molecule has 1 aromatic rings. The van der Waals surface area contributed by atoms with Gasteiger partial charge >= 0.3 is 5.97 Å². The Balaban J connectivity index is 1.76. The fourth-order valence-corrected chi connectivity index (χ4v) is 4.09. The molecule has 0 spiro atoms. The van der Waals surface area contributed by atoms with Gasteiger partial charge in [-0.05, 0) is 17.7 Å². The predicted molar refractivity (Wildman–Crippen MR) is 80.7 cm³/mol. The Morgan fingerprint density at radius 1 is 1.35 bits per heavy atom. The number of esters is 1. The summed E-state index contributed by atoms with van der Waals surface area (Å²) in [6, 6.07) is 5.15. The molecule has 2 fully saturated rings. The fourth-order valence-electron chi connectivity index (χ4n) is 2.76. The molecule has 1 aromatic carbocycles. The van der Waals surface area contributed by atoms with E-state index >= 15 is 0 Å². The number of nitrogens with zero attached hydrogens (tertiary/aromatic N) is 2. The van der Waals surface area contributed by atoms with Crippen molar-refractivity contribution >= 4 is 29.5 Å². The number of thioether (sulfide) groups is 1. The minimum atomic E-state index is -0.755. The first-order valence-electron chi connectivity index (χ1n) is 7.05. The third kappa shape index (κ3) is 2.90. The highest BCUT2D eigenvalue weighted by Crippen LogP contribution is 2.33. The molecule has 2 amide bonds. The van der Waals surface area contributed by atoms with Crippen LogP contribution < -0.4 is 0 Å². The molecule has 2 saturated heterocycles. The number of rotatable bonds is 3. The first-order valence-corrected chi connectivity index (χ1v) is 8.10. The lowest BCUT2D eigenvalue weighted by molar-refractivity contribution is -0.160. The van der Waals surface area contributed by atoms with E-state index in [0.717, 1.165) is 5.56 Å². The van der Waals surface area contributed by atoms with Gasteiger partial charge in [-0.1, -0.05) is 12.1 Å². The second-order valence-corrected chi connectivity index (χ2v) is 6.46. The topological polar surface area (TPSA) is 66.9 Å². The number of ether oxygens (including phenoxy) is 1. The third-order valence-electron chi connectivity index (χ3n) is 3.90. The standard InChI is InChI=1S/C15H15FN2O4S/c1-22-15(21)14-18-11(8-23-14)13(20)17(7-12(18)19)6-9-2-4-10(16)5-3-9/h2-5,11,14H,6-8H2,1H3. The number of halogens is 1. The Kier molecular flexibility index (Phi) is 4.25. The molecule has 0 saturated carbocycles. The van der Waals surface area contributed by atoms with Gasteiger partial charge in [0.25, 0.3) is 0 Å². The van der Waals surface area contributed by atoms with Gasteiger partial charge in [0.15, 0.2) is 5.37 Å². The molecule has 122 valence electrons. The van der Waals surface area contributed by atoms with E-state index in [1.54, 1.807) is 12.1 Å². The van der Waals surface area contributed by atoms with Gasteiger partial charge in [-0.25, -0.2) is 9.18 Å². The average molecular weight is 338 g/mol. The molecule has 2 aliphatic heterocycles. The van der Waals surface area contributed by atoms with E-state index in [1.807, 2.05) is 0 Å². The Hall–Kier alpha value is -2.09. The monoisotopic (exact) mass is 338 g/mol. The molecule has 2 aliphatic rings. The van der Waals surface area contributed by atoms with Gasteiger partial charge in [-0.3, -0.25) is 9.59 Å². The van der Waals surface area contributed by atoms with Gasteiger partial charge in [0.2, 0.25) is 11.8 Å². The summed E-state index contributed by atoms with van der Waals surface area (Å²) in [4.78, 5) is 39.4. The number of hydrogen-bond donors (Lipinski definition) is 0. The van der Waals surface area contributed by atoms with Crippen LogP contribution in [-0.4, -0.2) is 58.4 Å². The summed E-state index contributed by atoms with van der Waals surface area (Å²) in [6.45, 7) is 0.142. The number of benzene rings is 1. The van der Waals surface area contributed by atoms with E-state index in [2.05, 4.69) is 4.74 Å². The summed E-state index contributed by atoms with van der Waals surface area (Å²) >= 11 is 1.23. The molecule has 6 nitrogen and oxygen atoms in total. The number of piperazine rings is 1. The highest BCUT2D eigenvalue weighted by atomic mass is 32.2. The van der Waals surface area contributed by atoms with Crippen molar-refractivity contribution in [2.75, 3.05) is 19.4 Å². The summed E-state index contributed by atoms with van der Waals surface area (Å²) in [5.41, 5.74) is 0.746. The Labute approximate surface area is 136 Å². The van der Waals surface area contributed by atoms with Crippen molar-refractivity contribution in [3.63, 3.8) is 0 Å². The second kappa shape index (κ2) is 6.19. The van der Waals surface area contributed by atoms with Crippen LogP contribution in [0.2, 0.25) is 0 Å². The lowest BCUT2D eigenvalue weighted by atomic mass is 10.1. The molecular weight excluding hydrogens is 323 g/mol. The van der Waals surface area contributed by atoms with Crippen LogP contribution in [0, 0.1) is 5.82 Å². The molecule has 8 heteroatoms. The van der Waals surface area contributed by atoms with E-state index in [9.17, 15) is 18.8 Å². The highest BCUT2D eigenvalue weighted by Gasteiger charge is 2.50. The van der Waals surface area contributed by atoms with Crippen LogP contribution in [0.15, 0.2) is 24.3 Å². The van der Waals surface area contributed by atoms with E-state index in [-0.39, 0.29) is 30.7 Å². The molecule has 0 N–H and O–H groups in total. The molecule has 0 radical (unpaired) electrons. The molecule has 3 rings (SSSR count). The lowest BCUT2D eigenvalue weighted by Crippen LogP contribution is -2.60. The van der Waals surface area contributed by atoms with Crippen molar-refractivity contribution in [2.24, 2.45) is 0 Å². The molecule has 2 heterocycles. The molecule has 0 aliphatic carbocycles. The van der Waals surface area contributed by atoms with Crippen molar-refractivity contribution in [1.82, 2.24) is 9.80 Å². The normalized spacial score (nSPS) is 23.9. The van der Waals surface area contributed by atoms with Crippen LogP contribution >= 0.6 is 11.8 Å². The second-order valence-electron chi connectivity index (χ2n) is 5.35. The van der Waals surface area contributed by atoms with Crippen LogP contribution in [0.3, 0.4) is 0 Å². The van der Waals surface area contributed by atoms with Gasteiger partial charge in [0.05, 0.1) is 7.11 Å². The van der Waals surface area contributed by atoms with Crippen LogP contribution in [0.4, 0.5) is 4.39 Å². The zero-order valence-corrected chi connectivity index (χ0v) is 13.2. The number of hydrogen-bond acceptors (Lipinski definition) is 5. The summed E-state index contributed by atoms with van der Waals surface area (Å²) in [5, 5.41) is -0.755. The molecule has 23 heavy (non-hydrogen) atoms. The van der Waals surface area contributed by atoms with E-state index in [4.69, 9.17) is 0 Å². The minimum absolute atomic E-state index is 0.0965. The average Bonchev–Trinajstić information content (AvgIpc) is 2.99. The van der Waals surface area contributed by atoms with Gasteiger partial charge in [-0.15, -0.1) is 11.8 Å². The maximum absolute atomic E-state index is 12.9. The predicted octanol–water partition coefficient (Wildman–Crippen LogP) is 0.611.